The van der Waals surface area contributed by atoms with Crippen LogP contribution in [0.3, 0.4) is 0 Å². The van der Waals surface area contributed by atoms with Crippen molar-refractivity contribution in [2.24, 2.45) is 5.92 Å². The van der Waals surface area contributed by atoms with Gasteiger partial charge in [-0.05, 0) is 32.1 Å². The zero-order chi connectivity index (χ0) is 14.1. The van der Waals surface area contributed by atoms with Crippen LogP contribution in [0.4, 0.5) is 0 Å². The lowest BCUT2D eigenvalue weighted by molar-refractivity contribution is -0.123. The van der Waals surface area contributed by atoms with Crippen LogP contribution >= 0.6 is 0 Å². The Hall–Kier alpha value is -0.610. The van der Waals surface area contributed by atoms with Gasteiger partial charge < -0.3 is 15.4 Å². The lowest BCUT2D eigenvalue weighted by Gasteiger charge is -2.26. The predicted molar refractivity (Wildman–Crippen MR) is 78.1 cm³/mol. The smallest absolute Gasteiger partial charge is 0.236 e. The van der Waals surface area contributed by atoms with E-state index >= 15 is 0 Å². The van der Waals surface area contributed by atoms with Gasteiger partial charge >= 0.3 is 0 Å². The van der Waals surface area contributed by atoms with Gasteiger partial charge in [0.05, 0.1) is 6.04 Å². The molecular weight excluding hydrogens is 240 g/mol. The van der Waals surface area contributed by atoms with Crippen LogP contribution in [0.5, 0.6) is 0 Å². The van der Waals surface area contributed by atoms with Crippen molar-refractivity contribution in [1.82, 2.24) is 10.6 Å². The summed E-state index contributed by atoms with van der Waals surface area (Å²) in [5.74, 6) is 0.777. The van der Waals surface area contributed by atoms with Crippen molar-refractivity contribution in [3.63, 3.8) is 0 Å². The van der Waals surface area contributed by atoms with Gasteiger partial charge in [-0.2, -0.15) is 0 Å². The summed E-state index contributed by atoms with van der Waals surface area (Å²) in [4.78, 5) is 12.0. The van der Waals surface area contributed by atoms with Crippen LogP contribution in [0.1, 0.15) is 52.4 Å². The van der Waals surface area contributed by atoms with E-state index in [1.165, 1.54) is 32.1 Å². The molecular formula is C15H30N2O2. The molecule has 0 aromatic rings. The Kier molecular flexibility index (Phi) is 8.07. The summed E-state index contributed by atoms with van der Waals surface area (Å²) in [5.41, 5.74) is 0. The second-order valence-corrected chi connectivity index (χ2v) is 5.75. The second-order valence-electron chi connectivity index (χ2n) is 5.75. The standard InChI is InChI=1S/C15H30N2O2/c1-12-8-5-4-6-9-14(12)17-13(2)15(18)16-10-7-11-19-3/h12-14,17H,4-11H2,1-3H3,(H,16,18). The average molecular weight is 270 g/mol. The first-order chi connectivity index (χ1) is 9.15. The van der Waals surface area contributed by atoms with Crippen LogP contribution < -0.4 is 10.6 Å². The summed E-state index contributed by atoms with van der Waals surface area (Å²) in [7, 11) is 1.68. The topological polar surface area (TPSA) is 50.4 Å². The Morgan fingerprint density at radius 2 is 2.05 bits per heavy atom. The Balaban J connectivity index is 2.27. The molecule has 0 saturated heterocycles. The van der Waals surface area contributed by atoms with Crippen LogP contribution in [0.15, 0.2) is 0 Å². The molecule has 1 aliphatic carbocycles. The zero-order valence-corrected chi connectivity index (χ0v) is 12.7. The monoisotopic (exact) mass is 270 g/mol. The minimum atomic E-state index is -0.104. The summed E-state index contributed by atoms with van der Waals surface area (Å²) < 4.78 is 4.97. The number of amides is 1. The van der Waals surface area contributed by atoms with Gasteiger partial charge in [0.15, 0.2) is 0 Å². The van der Waals surface area contributed by atoms with Gasteiger partial charge in [0.2, 0.25) is 5.91 Å². The van der Waals surface area contributed by atoms with E-state index in [0.29, 0.717) is 25.1 Å². The number of carbonyl (C=O) groups is 1. The molecule has 0 bridgehead atoms. The molecule has 1 fully saturated rings. The summed E-state index contributed by atoms with van der Waals surface area (Å²) in [6.45, 7) is 5.65. The van der Waals surface area contributed by atoms with Gasteiger partial charge in [-0.1, -0.05) is 26.2 Å². The largest absolute Gasteiger partial charge is 0.385 e. The fourth-order valence-electron chi connectivity index (χ4n) is 2.72. The van der Waals surface area contributed by atoms with E-state index in [-0.39, 0.29) is 11.9 Å². The molecule has 1 rings (SSSR count). The maximum Gasteiger partial charge on any atom is 0.236 e. The number of ether oxygens (including phenoxy) is 1. The normalized spacial score (nSPS) is 25.6. The van der Waals surface area contributed by atoms with Crippen LogP contribution in [-0.2, 0) is 9.53 Å². The molecule has 3 unspecified atom stereocenters. The SMILES string of the molecule is COCCCNC(=O)C(C)NC1CCCCCC1C. The van der Waals surface area contributed by atoms with Crippen LogP contribution in [-0.4, -0.2) is 38.3 Å². The number of hydrogen-bond acceptors (Lipinski definition) is 3. The van der Waals surface area contributed by atoms with E-state index < -0.39 is 0 Å². The van der Waals surface area contributed by atoms with Crippen molar-refractivity contribution in [3.8, 4) is 0 Å². The molecule has 112 valence electrons. The number of hydrogen-bond donors (Lipinski definition) is 2. The fraction of sp³-hybridized carbons (Fsp3) is 0.933. The van der Waals surface area contributed by atoms with Crippen molar-refractivity contribution in [2.75, 3.05) is 20.3 Å². The average Bonchev–Trinajstić information content (AvgIpc) is 2.60. The lowest BCUT2D eigenvalue weighted by atomic mass is 9.96. The number of rotatable bonds is 7. The summed E-state index contributed by atoms with van der Waals surface area (Å²) in [6, 6.07) is 0.385. The van der Waals surface area contributed by atoms with Crippen molar-refractivity contribution in [3.05, 3.63) is 0 Å². The molecule has 4 heteroatoms. The molecule has 1 saturated carbocycles. The highest BCUT2D eigenvalue weighted by Crippen LogP contribution is 2.23. The summed E-state index contributed by atoms with van der Waals surface area (Å²) in [5, 5.41) is 6.46. The van der Waals surface area contributed by atoms with Crippen molar-refractivity contribution in [1.29, 1.82) is 0 Å². The first kappa shape index (κ1) is 16.4. The molecule has 3 atom stereocenters. The van der Waals surface area contributed by atoms with Gasteiger partial charge in [-0.3, -0.25) is 4.79 Å². The van der Waals surface area contributed by atoms with E-state index in [4.69, 9.17) is 4.74 Å². The molecule has 1 aliphatic rings. The van der Waals surface area contributed by atoms with Gasteiger partial charge in [0.1, 0.15) is 0 Å². The number of methoxy groups -OCH3 is 1. The Morgan fingerprint density at radius 3 is 2.79 bits per heavy atom. The van der Waals surface area contributed by atoms with E-state index in [1.807, 2.05) is 6.92 Å². The minimum Gasteiger partial charge on any atom is -0.385 e. The molecule has 4 nitrogen and oxygen atoms in total. The molecule has 0 radical (unpaired) electrons. The highest BCUT2D eigenvalue weighted by Gasteiger charge is 2.23. The molecule has 19 heavy (non-hydrogen) atoms. The van der Waals surface area contributed by atoms with E-state index in [0.717, 1.165) is 6.42 Å². The minimum absolute atomic E-state index is 0.104. The van der Waals surface area contributed by atoms with Gasteiger partial charge in [-0.25, -0.2) is 0 Å². The van der Waals surface area contributed by atoms with Crippen LogP contribution in [0.25, 0.3) is 0 Å². The first-order valence-electron chi connectivity index (χ1n) is 7.68. The van der Waals surface area contributed by atoms with Crippen LogP contribution in [0, 0.1) is 5.92 Å². The highest BCUT2D eigenvalue weighted by atomic mass is 16.5. The summed E-state index contributed by atoms with van der Waals surface area (Å²) in [6.07, 6.45) is 7.29. The maximum atomic E-state index is 12.0. The highest BCUT2D eigenvalue weighted by molar-refractivity contribution is 5.81. The lowest BCUT2D eigenvalue weighted by Crippen LogP contribution is -2.48. The Morgan fingerprint density at radius 1 is 1.32 bits per heavy atom. The molecule has 0 heterocycles. The number of nitrogens with one attached hydrogen (secondary N) is 2. The van der Waals surface area contributed by atoms with Crippen molar-refractivity contribution >= 4 is 5.91 Å². The third kappa shape index (κ3) is 6.39. The Labute approximate surface area is 117 Å². The number of carbonyl (C=O) groups excluding carboxylic acids is 1. The molecule has 2 N–H and O–H groups in total. The molecule has 0 spiro atoms. The zero-order valence-electron chi connectivity index (χ0n) is 12.7. The van der Waals surface area contributed by atoms with Gasteiger partial charge in [-0.15, -0.1) is 0 Å². The second kappa shape index (κ2) is 9.32. The Bertz CT molecular complexity index is 259. The maximum absolute atomic E-state index is 12.0. The molecule has 0 aromatic carbocycles. The first-order valence-corrected chi connectivity index (χ1v) is 7.68. The van der Waals surface area contributed by atoms with Crippen LogP contribution in [0.2, 0.25) is 0 Å². The van der Waals surface area contributed by atoms with E-state index in [9.17, 15) is 4.79 Å². The summed E-state index contributed by atoms with van der Waals surface area (Å²) >= 11 is 0. The fourth-order valence-corrected chi connectivity index (χ4v) is 2.72. The molecule has 1 amide bonds. The third-order valence-electron chi connectivity index (χ3n) is 4.04. The van der Waals surface area contributed by atoms with Crippen molar-refractivity contribution < 1.29 is 9.53 Å². The third-order valence-corrected chi connectivity index (χ3v) is 4.04. The molecule has 0 aliphatic heterocycles. The quantitative estimate of drug-likeness (QED) is 0.550. The van der Waals surface area contributed by atoms with E-state index in [1.54, 1.807) is 7.11 Å². The van der Waals surface area contributed by atoms with Crippen molar-refractivity contribution in [2.45, 2.75) is 64.5 Å². The van der Waals surface area contributed by atoms with Gasteiger partial charge in [0.25, 0.3) is 0 Å². The molecule has 0 aromatic heterocycles. The van der Waals surface area contributed by atoms with Gasteiger partial charge in [0, 0.05) is 26.3 Å². The predicted octanol–water partition coefficient (Wildman–Crippen LogP) is 2.09. The van der Waals surface area contributed by atoms with E-state index in [2.05, 4.69) is 17.6 Å².